The van der Waals surface area contributed by atoms with Crippen molar-refractivity contribution in [3.05, 3.63) is 57.8 Å². The van der Waals surface area contributed by atoms with Crippen LogP contribution >= 0.6 is 11.3 Å². The van der Waals surface area contributed by atoms with Crippen molar-refractivity contribution in [2.24, 2.45) is 5.73 Å². The van der Waals surface area contributed by atoms with Crippen LogP contribution in [-0.2, 0) is 13.0 Å². The summed E-state index contributed by atoms with van der Waals surface area (Å²) in [6, 6.07) is 14.0. The molecular formula is C16H22N2OS. The SMILES string of the molecule is NCc1ccc(CCCNCC(O)c2ccccc2)s1. The molecule has 20 heavy (non-hydrogen) atoms. The third kappa shape index (κ3) is 4.72. The summed E-state index contributed by atoms with van der Waals surface area (Å²) in [5, 5.41) is 13.3. The predicted molar refractivity (Wildman–Crippen MR) is 84.8 cm³/mol. The lowest BCUT2D eigenvalue weighted by atomic mass is 10.1. The Bertz CT molecular complexity index is 498. The van der Waals surface area contributed by atoms with Gasteiger partial charge in [-0.25, -0.2) is 0 Å². The molecular weight excluding hydrogens is 268 g/mol. The lowest BCUT2D eigenvalue weighted by molar-refractivity contribution is 0.175. The molecule has 1 unspecified atom stereocenters. The van der Waals surface area contributed by atoms with Crippen LogP contribution in [0.2, 0.25) is 0 Å². The topological polar surface area (TPSA) is 58.3 Å². The summed E-state index contributed by atoms with van der Waals surface area (Å²) in [6.07, 6.45) is 1.72. The van der Waals surface area contributed by atoms with Gasteiger partial charge in [0.1, 0.15) is 0 Å². The summed E-state index contributed by atoms with van der Waals surface area (Å²) < 4.78 is 0. The summed E-state index contributed by atoms with van der Waals surface area (Å²) >= 11 is 1.79. The van der Waals surface area contributed by atoms with Gasteiger partial charge in [0.15, 0.2) is 0 Å². The number of nitrogens with two attached hydrogens (primary N) is 1. The third-order valence-corrected chi connectivity index (χ3v) is 4.38. The van der Waals surface area contributed by atoms with Crippen molar-refractivity contribution in [3.63, 3.8) is 0 Å². The first kappa shape index (κ1) is 15.2. The van der Waals surface area contributed by atoms with E-state index in [1.165, 1.54) is 9.75 Å². The van der Waals surface area contributed by atoms with Gasteiger partial charge in [0.05, 0.1) is 6.10 Å². The van der Waals surface area contributed by atoms with E-state index in [4.69, 9.17) is 5.73 Å². The minimum absolute atomic E-state index is 0.429. The standard InChI is InChI=1S/C16H22N2OS/c17-11-15-9-8-14(20-15)7-4-10-18-12-16(19)13-5-2-1-3-6-13/h1-3,5-6,8-9,16,18-19H,4,7,10-12,17H2. The number of thiophene rings is 1. The highest BCUT2D eigenvalue weighted by Gasteiger charge is 2.05. The molecule has 2 rings (SSSR count). The Labute approximate surface area is 124 Å². The minimum atomic E-state index is -0.429. The van der Waals surface area contributed by atoms with Crippen LogP contribution in [0.15, 0.2) is 42.5 Å². The van der Waals surface area contributed by atoms with Gasteiger partial charge in [-0.15, -0.1) is 11.3 Å². The van der Waals surface area contributed by atoms with Crippen LogP contribution in [0.4, 0.5) is 0 Å². The highest BCUT2D eigenvalue weighted by atomic mass is 32.1. The number of nitrogens with one attached hydrogen (secondary N) is 1. The maximum absolute atomic E-state index is 10.00. The monoisotopic (exact) mass is 290 g/mol. The van der Waals surface area contributed by atoms with E-state index in [0.717, 1.165) is 24.9 Å². The molecule has 0 aliphatic carbocycles. The molecule has 2 aromatic rings. The molecule has 0 bridgehead atoms. The van der Waals surface area contributed by atoms with Crippen molar-refractivity contribution >= 4 is 11.3 Å². The number of benzene rings is 1. The summed E-state index contributed by atoms with van der Waals surface area (Å²) in [4.78, 5) is 2.63. The Hall–Kier alpha value is -1.20. The molecule has 1 aromatic carbocycles. The number of aliphatic hydroxyl groups excluding tert-OH is 1. The highest BCUT2D eigenvalue weighted by molar-refractivity contribution is 7.11. The maximum atomic E-state index is 10.00. The zero-order chi connectivity index (χ0) is 14.2. The zero-order valence-electron chi connectivity index (χ0n) is 11.6. The van der Waals surface area contributed by atoms with Gasteiger partial charge < -0.3 is 16.2 Å². The summed E-state index contributed by atoms with van der Waals surface area (Å²) in [6.45, 7) is 2.15. The molecule has 1 aromatic heterocycles. The van der Waals surface area contributed by atoms with E-state index in [0.29, 0.717) is 13.1 Å². The quantitative estimate of drug-likeness (QED) is 0.655. The van der Waals surface area contributed by atoms with Crippen molar-refractivity contribution in [2.45, 2.75) is 25.5 Å². The lowest BCUT2D eigenvalue weighted by Crippen LogP contribution is -2.22. The molecule has 0 aliphatic rings. The molecule has 0 radical (unpaired) electrons. The Morgan fingerprint density at radius 1 is 1.10 bits per heavy atom. The van der Waals surface area contributed by atoms with Crippen LogP contribution in [0, 0.1) is 0 Å². The Morgan fingerprint density at radius 3 is 2.55 bits per heavy atom. The van der Waals surface area contributed by atoms with Gasteiger partial charge in [0, 0.05) is 22.8 Å². The summed E-state index contributed by atoms with van der Waals surface area (Å²) in [5.74, 6) is 0. The van der Waals surface area contributed by atoms with Crippen molar-refractivity contribution < 1.29 is 5.11 Å². The van der Waals surface area contributed by atoms with Gasteiger partial charge in [0.2, 0.25) is 0 Å². The minimum Gasteiger partial charge on any atom is -0.387 e. The fourth-order valence-corrected chi connectivity index (χ4v) is 3.02. The van der Waals surface area contributed by atoms with Gasteiger partial charge in [-0.05, 0) is 37.1 Å². The summed E-state index contributed by atoms with van der Waals surface area (Å²) in [5.41, 5.74) is 6.56. The lowest BCUT2D eigenvalue weighted by Gasteiger charge is -2.11. The van der Waals surface area contributed by atoms with Crippen molar-refractivity contribution in [1.82, 2.24) is 5.32 Å². The molecule has 4 N–H and O–H groups in total. The maximum Gasteiger partial charge on any atom is 0.0914 e. The van der Waals surface area contributed by atoms with E-state index in [9.17, 15) is 5.11 Å². The second kappa shape index (κ2) is 8.17. The molecule has 0 saturated heterocycles. The predicted octanol–water partition coefficient (Wildman–Crippen LogP) is 2.46. The fourth-order valence-electron chi connectivity index (χ4n) is 2.09. The van der Waals surface area contributed by atoms with Crippen LogP contribution in [0.25, 0.3) is 0 Å². The smallest absolute Gasteiger partial charge is 0.0914 e. The van der Waals surface area contributed by atoms with Crippen LogP contribution in [0.3, 0.4) is 0 Å². The van der Waals surface area contributed by atoms with Crippen LogP contribution in [-0.4, -0.2) is 18.2 Å². The number of aryl methyl sites for hydroxylation is 1. The highest BCUT2D eigenvalue weighted by Crippen LogP contribution is 2.17. The summed E-state index contributed by atoms with van der Waals surface area (Å²) in [7, 11) is 0. The number of rotatable bonds is 8. The average Bonchev–Trinajstić information content (AvgIpc) is 2.95. The van der Waals surface area contributed by atoms with Crippen molar-refractivity contribution in [1.29, 1.82) is 0 Å². The molecule has 4 heteroatoms. The Kier molecular flexibility index (Phi) is 6.21. The second-order valence-corrected chi connectivity index (χ2v) is 6.06. The largest absolute Gasteiger partial charge is 0.387 e. The zero-order valence-corrected chi connectivity index (χ0v) is 12.4. The molecule has 0 fully saturated rings. The number of hydrogen-bond acceptors (Lipinski definition) is 4. The molecule has 1 heterocycles. The van der Waals surface area contributed by atoms with Gasteiger partial charge in [-0.3, -0.25) is 0 Å². The van der Waals surface area contributed by atoms with E-state index in [1.54, 1.807) is 11.3 Å². The number of aliphatic hydroxyl groups is 1. The van der Waals surface area contributed by atoms with Gasteiger partial charge in [0.25, 0.3) is 0 Å². The van der Waals surface area contributed by atoms with Gasteiger partial charge in [-0.1, -0.05) is 30.3 Å². The van der Waals surface area contributed by atoms with Crippen LogP contribution in [0.5, 0.6) is 0 Å². The third-order valence-electron chi connectivity index (χ3n) is 3.22. The number of hydrogen-bond donors (Lipinski definition) is 3. The van der Waals surface area contributed by atoms with E-state index < -0.39 is 6.10 Å². The Morgan fingerprint density at radius 2 is 1.85 bits per heavy atom. The first-order chi connectivity index (χ1) is 9.79. The second-order valence-electron chi connectivity index (χ2n) is 4.81. The molecule has 108 valence electrons. The van der Waals surface area contributed by atoms with Gasteiger partial charge in [-0.2, -0.15) is 0 Å². The first-order valence-electron chi connectivity index (χ1n) is 7.01. The fraction of sp³-hybridized carbons (Fsp3) is 0.375. The van der Waals surface area contributed by atoms with Gasteiger partial charge >= 0.3 is 0 Å². The molecule has 3 nitrogen and oxygen atoms in total. The van der Waals surface area contributed by atoms with Crippen LogP contribution in [0.1, 0.15) is 27.8 Å². The molecule has 1 atom stereocenters. The van der Waals surface area contributed by atoms with E-state index >= 15 is 0 Å². The molecule has 0 amide bonds. The van der Waals surface area contributed by atoms with E-state index in [1.807, 2.05) is 30.3 Å². The molecule has 0 saturated carbocycles. The van der Waals surface area contributed by atoms with Crippen molar-refractivity contribution in [2.75, 3.05) is 13.1 Å². The Balaban J connectivity index is 1.62. The van der Waals surface area contributed by atoms with Crippen molar-refractivity contribution in [3.8, 4) is 0 Å². The van der Waals surface area contributed by atoms with Crippen LogP contribution < -0.4 is 11.1 Å². The average molecular weight is 290 g/mol. The normalized spacial score (nSPS) is 12.5. The first-order valence-corrected chi connectivity index (χ1v) is 7.82. The molecule has 0 spiro atoms. The molecule has 0 aliphatic heterocycles. The van der Waals surface area contributed by atoms with E-state index in [-0.39, 0.29) is 0 Å². The van der Waals surface area contributed by atoms with E-state index in [2.05, 4.69) is 17.4 Å².